The fourth-order valence-corrected chi connectivity index (χ4v) is 10.2. The van der Waals surface area contributed by atoms with E-state index in [2.05, 4.69) is 235 Å². The Bertz CT molecular complexity index is 3390. The number of rotatable bonds is 7. The molecular weight excluding hydrogens is 739 g/mol. The van der Waals surface area contributed by atoms with Crippen LogP contribution in [0, 0.1) is 0 Å². The first-order valence-corrected chi connectivity index (χ1v) is 21.0. The maximum absolute atomic E-state index is 6.57. The van der Waals surface area contributed by atoms with Crippen molar-refractivity contribution in [1.82, 2.24) is 0 Å². The third-order valence-electron chi connectivity index (χ3n) is 12.7. The van der Waals surface area contributed by atoms with Gasteiger partial charge in [0.05, 0.1) is 22.2 Å². The zero-order valence-corrected chi connectivity index (χ0v) is 33.4. The fraction of sp³-hybridized carbons (Fsp3) is 0.0169. The van der Waals surface area contributed by atoms with Crippen molar-refractivity contribution in [3.63, 3.8) is 0 Å². The molecule has 12 rings (SSSR count). The van der Waals surface area contributed by atoms with Crippen molar-refractivity contribution in [1.29, 1.82) is 0 Å². The van der Waals surface area contributed by atoms with E-state index >= 15 is 0 Å². The summed E-state index contributed by atoms with van der Waals surface area (Å²) in [5.74, 6) is 0. The molecular formula is C59H39NO. The standard InChI is InChI=1S/C59H39NO/c1-3-22-43(23-4-1)59(44-24-5-2-6-25-44)52-31-12-9-28-49(52)50-37-36-45(39-53(50)59)60(55-33-17-35-57-58(55)51-29-11-14-34-56(51)61-57)54-32-13-10-27-48(54)42-21-15-20-41(38-42)47-30-16-19-40-18-7-8-26-46(40)47/h1-39H. The van der Waals surface area contributed by atoms with Gasteiger partial charge in [0.2, 0.25) is 0 Å². The average Bonchev–Trinajstić information content (AvgIpc) is 3.86. The highest BCUT2D eigenvalue weighted by Crippen LogP contribution is 2.58. The SMILES string of the molecule is c1ccc(C2(c3ccccc3)c3ccccc3-c3ccc(N(c4ccccc4-c4cccc(-c5cccc6ccccc56)c4)c4cccc5oc6ccccc6c45)cc32)cc1. The topological polar surface area (TPSA) is 16.4 Å². The lowest BCUT2D eigenvalue weighted by molar-refractivity contribution is 0.669. The Morgan fingerprint density at radius 3 is 1.72 bits per heavy atom. The number of hydrogen-bond acceptors (Lipinski definition) is 2. The molecule has 0 bridgehead atoms. The van der Waals surface area contributed by atoms with Gasteiger partial charge in [-0.25, -0.2) is 0 Å². The second-order valence-corrected chi connectivity index (χ2v) is 16.0. The molecule has 1 aliphatic carbocycles. The van der Waals surface area contributed by atoms with Gasteiger partial charge in [-0.05, 0) is 103 Å². The minimum absolute atomic E-state index is 0.545. The molecule has 286 valence electrons. The summed E-state index contributed by atoms with van der Waals surface area (Å²) < 4.78 is 6.57. The van der Waals surface area contributed by atoms with Crippen molar-refractivity contribution in [2.45, 2.75) is 5.41 Å². The Hall–Kier alpha value is -7.94. The van der Waals surface area contributed by atoms with Crippen LogP contribution in [-0.2, 0) is 5.41 Å². The van der Waals surface area contributed by atoms with E-state index in [1.165, 1.54) is 55.3 Å². The van der Waals surface area contributed by atoms with Crippen molar-refractivity contribution in [3.8, 4) is 33.4 Å². The summed E-state index contributed by atoms with van der Waals surface area (Å²) in [7, 11) is 0. The molecule has 0 fully saturated rings. The average molecular weight is 778 g/mol. The van der Waals surface area contributed by atoms with Crippen LogP contribution in [0.5, 0.6) is 0 Å². The molecule has 0 saturated heterocycles. The first-order chi connectivity index (χ1) is 30.3. The monoisotopic (exact) mass is 777 g/mol. The maximum Gasteiger partial charge on any atom is 0.137 e. The predicted octanol–water partition coefficient (Wildman–Crippen LogP) is 15.9. The zero-order valence-electron chi connectivity index (χ0n) is 33.4. The second kappa shape index (κ2) is 14.1. The number of fused-ring (bicyclic) bond motifs is 7. The summed E-state index contributed by atoms with van der Waals surface area (Å²) in [5, 5.41) is 4.65. The van der Waals surface area contributed by atoms with Crippen molar-refractivity contribution >= 4 is 49.8 Å². The van der Waals surface area contributed by atoms with Gasteiger partial charge in [-0.2, -0.15) is 0 Å². The zero-order chi connectivity index (χ0) is 40.3. The molecule has 0 atom stereocenters. The van der Waals surface area contributed by atoms with Crippen LogP contribution in [-0.4, -0.2) is 0 Å². The number of nitrogens with zero attached hydrogens (tertiary/aromatic N) is 1. The second-order valence-electron chi connectivity index (χ2n) is 16.0. The smallest absolute Gasteiger partial charge is 0.137 e. The lowest BCUT2D eigenvalue weighted by Gasteiger charge is -2.35. The number of para-hydroxylation sites is 2. The van der Waals surface area contributed by atoms with Gasteiger partial charge in [-0.3, -0.25) is 0 Å². The Kier molecular flexibility index (Phi) is 8.11. The molecule has 0 N–H and O–H groups in total. The van der Waals surface area contributed by atoms with Crippen molar-refractivity contribution in [3.05, 3.63) is 259 Å². The van der Waals surface area contributed by atoms with Crippen LogP contribution in [0.1, 0.15) is 22.3 Å². The largest absolute Gasteiger partial charge is 0.456 e. The molecule has 0 saturated carbocycles. The van der Waals surface area contributed by atoms with Crippen molar-refractivity contribution < 1.29 is 4.42 Å². The summed E-state index contributed by atoms with van der Waals surface area (Å²) in [4.78, 5) is 2.47. The summed E-state index contributed by atoms with van der Waals surface area (Å²) in [6, 6.07) is 86.1. The summed E-state index contributed by atoms with van der Waals surface area (Å²) in [5.41, 5.74) is 16.6. The van der Waals surface area contributed by atoms with Gasteiger partial charge in [0.1, 0.15) is 11.2 Å². The number of hydrogen-bond donors (Lipinski definition) is 0. The number of anilines is 3. The molecule has 1 aliphatic rings. The Balaban J connectivity index is 1.14. The van der Waals surface area contributed by atoms with Gasteiger partial charge in [0, 0.05) is 16.6 Å². The molecule has 61 heavy (non-hydrogen) atoms. The van der Waals surface area contributed by atoms with E-state index in [4.69, 9.17) is 4.42 Å². The lowest BCUT2D eigenvalue weighted by Crippen LogP contribution is -2.28. The van der Waals surface area contributed by atoms with E-state index in [9.17, 15) is 0 Å². The van der Waals surface area contributed by atoms with Crippen LogP contribution in [0.2, 0.25) is 0 Å². The first kappa shape index (κ1) is 35.0. The predicted molar refractivity (Wildman–Crippen MR) is 254 cm³/mol. The highest BCUT2D eigenvalue weighted by molar-refractivity contribution is 6.14. The van der Waals surface area contributed by atoms with Crippen LogP contribution in [0.15, 0.2) is 241 Å². The highest BCUT2D eigenvalue weighted by atomic mass is 16.3. The Morgan fingerprint density at radius 2 is 0.902 bits per heavy atom. The van der Waals surface area contributed by atoms with E-state index in [1.54, 1.807) is 0 Å². The van der Waals surface area contributed by atoms with Crippen LogP contribution >= 0.6 is 0 Å². The minimum atomic E-state index is -0.545. The molecule has 0 amide bonds. The summed E-state index contributed by atoms with van der Waals surface area (Å²) in [6.07, 6.45) is 0. The van der Waals surface area contributed by atoms with Gasteiger partial charge in [0.25, 0.3) is 0 Å². The van der Waals surface area contributed by atoms with Crippen LogP contribution < -0.4 is 4.90 Å². The number of benzene rings is 10. The molecule has 0 radical (unpaired) electrons. The third-order valence-corrected chi connectivity index (χ3v) is 12.7. The molecule has 1 aromatic heterocycles. The number of furan rings is 1. The molecule has 0 unspecified atom stereocenters. The fourth-order valence-electron chi connectivity index (χ4n) is 10.2. The van der Waals surface area contributed by atoms with E-state index < -0.39 is 5.41 Å². The summed E-state index contributed by atoms with van der Waals surface area (Å²) >= 11 is 0. The van der Waals surface area contributed by atoms with Gasteiger partial charge < -0.3 is 9.32 Å². The van der Waals surface area contributed by atoms with E-state index in [0.29, 0.717) is 0 Å². The molecule has 11 aromatic rings. The maximum atomic E-state index is 6.57. The summed E-state index contributed by atoms with van der Waals surface area (Å²) in [6.45, 7) is 0. The molecule has 0 aliphatic heterocycles. The minimum Gasteiger partial charge on any atom is -0.456 e. The van der Waals surface area contributed by atoms with Crippen molar-refractivity contribution in [2.75, 3.05) is 4.90 Å². The van der Waals surface area contributed by atoms with E-state index in [0.717, 1.165) is 50.1 Å². The van der Waals surface area contributed by atoms with Crippen LogP contribution in [0.25, 0.3) is 66.1 Å². The third kappa shape index (κ3) is 5.43. The van der Waals surface area contributed by atoms with E-state index in [1.807, 2.05) is 6.07 Å². The van der Waals surface area contributed by atoms with Gasteiger partial charge in [-0.15, -0.1) is 0 Å². The van der Waals surface area contributed by atoms with Gasteiger partial charge in [0.15, 0.2) is 0 Å². The molecule has 2 nitrogen and oxygen atoms in total. The lowest BCUT2D eigenvalue weighted by atomic mass is 9.67. The van der Waals surface area contributed by atoms with Gasteiger partial charge >= 0.3 is 0 Å². The molecule has 0 spiro atoms. The first-order valence-electron chi connectivity index (χ1n) is 21.0. The molecule has 1 heterocycles. The van der Waals surface area contributed by atoms with E-state index in [-0.39, 0.29) is 0 Å². The normalized spacial score (nSPS) is 12.7. The highest BCUT2D eigenvalue weighted by Gasteiger charge is 2.46. The van der Waals surface area contributed by atoms with Crippen molar-refractivity contribution in [2.24, 2.45) is 0 Å². The van der Waals surface area contributed by atoms with Crippen LogP contribution in [0.3, 0.4) is 0 Å². The van der Waals surface area contributed by atoms with Crippen LogP contribution in [0.4, 0.5) is 17.1 Å². The molecule has 2 heteroatoms. The quantitative estimate of drug-likeness (QED) is 0.160. The Labute approximate surface area is 355 Å². The Morgan fingerprint density at radius 1 is 0.344 bits per heavy atom. The molecule has 10 aromatic carbocycles. The van der Waals surface area contributed by atoms with Gasteiger partial charge in [-0.1, -0.05) is 194 Å².